The molecule has 2 heterocycles. The Balaban J connectivity index is 1.79. The molecule has 3 atom stereocenters. The zero-order valence-electron chi connectivity index (χ0n) is 22.0. The van der Waals surface area contributed by atoms with Gasteiger partial charge < -0.3 is 24.9 Å². The van der Waals surface area contributed by atoms with Crippen molar-refractivity contribution in [2.45, 2.75) is 58.3 Å². The summed E-state index contributed by atoms with van der Waals surface area (Å²) in [4.78, 5) is 24.1. The van der Waals surface area contributed by atoms with Crippen LogP contribution in [0.1, 0.15) is 39.3 Å². The van der Waals surface area contributed by atoms with E-state index in [0.717, 1.165) is 12.1 Å². The molecule has 0 saturated carbocycles. The second-order valence-corrected chi connectivity index (χ2v) is 12.1. The molecule has 0 radical (unpaired) electrons. The van der Waals surface area contributed by atoms with Crippen LogP contribution in [0.25, 0.3) is 11.2 Å². The molecule has 0 fully saturated rings. The van der Waals surface area contributed by atoms with E-state index in [1.165, 1.54) is 50.4 Å². The van der Waals surface area contributed by atoms with Crippen molar-refractivity contribution in [3.63, 3.8) is 0 Å². The van der Waals surface area contributed by atoms with E-state index >= 15 is 0 Å². The molecule has 2 aromatic heterocycles. The fourth-order valence-electron chi connectivity index (χ4n) is 3.72. The van der Waals surface area contributed by atoms with E-state index < -0.39 is 43.2 Å². The Morgan fingerprint density at radius 1 is 1.21 bits per heavy atom. The lowest BCUT2D eigenvalue weighted by atomic mass is 10.1. The number of aromatic nitrogens is 4. The van der Waals surface area contributed by atoms with Gasteiger partial charge in [0.05, 0.1) is 19.0 Å². The topological polar surface area (TPSA) is 158 Å². The number of carboxylic acid groups (broad SMARTS) is 1. The molecule has 0 spiro atoms. The lowest BCUT2D eigenvalue weighted by Gasteiger charge is -2.38. The van der Waals surface area contributed by atoms with Crippen LogP contribution in [0.2, 0.25) is 0 Å². The molecule has 16 heteroatoms. The Morgan fingerprint density at radius 2 is 1.85 bits per heavy atom. The molecule has 0 aliphatic rings. The number of nitrogens with one attached hydrogen (secondary N) is 1. The first-order valence-corrected chi connectivity index (χ1v) is 13.6. The van der Waals surface area contributed by atoms with Gasteiger partial charge in [0.25, 0.3) is 0 Å². The van der Waals surface area contributed by atoms with Crippen molar-refractivity contribution < 1.29 is 37.1 Å². The lowest BCUT2D eigenvalue weighted by molar-refractivity contribution is -0.274. The summed E-state index contributed by atoms with van der Waals surface area (Å²) in [7, 11) is -2.23. The highest BCUT2D eigenvalue weighted by atomic mass is 31.2. The van der Waals surface area contributed by atoms with Gasteiger partial charge in [-0.1, -0.05) is 12.1 Å². The van der Waals surface area contributed by atoms with E-state index in [1.54, 1.807) is 18.4 Å². The summed E-state index contributed by atoms with van der Waals surface area (Å²) in [6, 6.07) is 4.52. The van der Waals surface area contributed by atoms with Crippen molar-refractivity contribution in [3.8, 4) is 5.75 Å². The van der Waals surface area contributed by atoms with Crippen LogP contribution in [0.4, 0.5) is 19.0 Å². The maximum Gasteiger partial charge on any atom is 0.573 e. The minimum absolute atomic E-state index is 0.227. The van der Waals surface area contributed by atoms with Crippen LogP contribution in [0.15, 0.2) is 36.9 Å². The third-order valence-electron chi connectivity index (χ3n) is 6.07. The van der Waals surface area contributed by atoms with Gasteiger partial charge >= 0.3 is 12.3 Å². The number of hydrogen-bond acceptors (Lipinski definition) is 8. The normalized spacial score (nSPS) is 15.7. The number of anilines is 1. The lowest BCUT2D eigenvalue weighted by Crippen LogP contribution is -2.48. The SMILES string of the molecule is CC(Cn1cnc2c(N)ncnc21)OCP(=O)(NC(C)(C)C(=O)O)N(C)C(C)c1ccc(OC(F)(F)F)cc1. The molecule has 3 unspecified atom stereocenters. The van der Waals surface area contributed by atoms with E-state index in [9.17, 15) is 27.6 Å². The van der Waals surface area contributed by atoms with E-state index in [1.807, 2.05) is 0 Å². The van der Waals surface area contributed by atoms with Crippen molar-refractivity contribution >= 4 is 30.4 Å². The highest BCUT2D eigenvalue weighted by molar-refractivity contribution is 7.59. The monoisotopic (exact) mass is 573 g/mol. The number of carbonyl (C=O) groups is 1. The summed E-state index contributed by atoms with van der Waals surface area (Å²) in [6.45, 7) is 6.44. The Hall–Kier alpha value is -3.26. The number of imidazole rings is 1. The second kappa shape index (κ2) is 11.5. The number of aliphatic carboxylic acids is 1. The zero-order valence-corrected chi connectivity index (χ0v) is 22.9. The summed E-state index contributed by atoms with van der Waals surface area (Å²) in [6.07, 6.45) is -2.87. The van der Waals surface area contributed by atoms with Crippen molar-refractivity contribution in [1.29, 1.82) is 0 Å². The third-order valence-corrected chi connectivity index (χ3v) is 8.85. The number of carboxylic acids is 1. The predicted octanol–water partition coefficient (Wildman–Crippen LogP) is 4.01. The predicted molar refractivity (Wildman–Crippen MR) is 137 cm³/mol. The molecule has 3 rings (SSSR count). The molecule has 0 amide bonds. The van der Waals surface area contributed by atoms with Crippen molar-refractivity contribution in [2.24, 2.45) is 0 Å². The van der Waals surface area contributed by atoms with Crippen LogP contribution in [-0.2, 0) is 20.6 Å². The number of rotatable bonds is 12. The van der Waals surface area contributed by atoms with Gasteiger partial charge in [-0.15, -0.1) is 13.2 Å². The van der Waals surface area contributed by atoms with E-state index in [4.69, 9.17) is 10.5 Å². The van der Waals surface area contributed by atoms with E-state index in [2.05, 4.69) is 24.8 Å². The minimum Gasteiger partial charge on any atom is -0.480 e. The second-order valence-electron chi connectivity index (χ2n) is 9.54. The van der Waals surface area contributed by atoms with Gasteiger partial charge in [-0.3, -0.25) is 9.36 Å². The Morgan fingerprint density at radius 3 is 2.44 bits per heavy atom. The quantitative estimate of drug-likeness (QED) is 0.269. The molecular weight excluding hydrogens is 542 g/mol. The smallest absolute Gasteiger partial charge is 0.480 e. The van der Waals surface area contributed by atoms with Crippen molar-refractivity contribution in [2.75, 3.05) is 19.1 Å². The minimum atomic E-state index is -4.83. The van der Waals surface area contributed by atoms with Crippen molar-refractivity contribution in [3.05, 3.63) is 42.5 Å². The highest BCUT2D eigenvalue weighted by Gasteiger charge is 2.41. The third kappa shape index (κ3) is 7.44. The van der Waals surface area contributed by atoms with Crippen molar-refractivity contribution in [1.82, 2.24) is 29.3 Å². The number of benzene rings is 1. The summed E-state index contributed by atoms with van der Waals surface area (Å²) in [5.74, 6) is -1.40. The van der Waals surface area contributed by atoms with Crippen LogP contribution >= 0.6 is 7.44 Å². The van der Waals surface area contributed by atoms with Gasteiger partial charge in [-0.2, -0.15) is 0 Å². The first-order chi connectivity index (χ1) is 18.0. The van der Waals surface area contributed by atoms with Crippen LogP contribution < -0.4 is 15.6 Å². The number of nitrogens with two attached hydrogens (primary N) is 1. The van der Waals surface area contributed by atoms with Gasteiger partial charge in [-0.25, -0.2) is 24.7 Å². The number of nitrogen functional groups attached to an aromatic ring is 1. The van der Waals surface area contributed by atoms with Gasteiger partial charge in [0.2, 0.25) is 7.44 Å². The van der Waals surface area contributed by atoms with Gasteiger partial charge in [0.1, 0.15) is 29.5 Å². The van der Waals surface area contributed by atoms with Crippen LogP contribution in [0.3, 0.4) is 0 Å². The van der Waals surface area contributed by atoms with E-state index in [-0.39, 0.29) is 18.7 Å². The molecule has 12 nitrogen and oxygen atoms in total. The highest BCUT2D eigenvalue weighted by Crippen LogP contribution is 2.51. The van der Waals surface area contributed by atoms with Crippen LogP contribution in [-0.4, -0.2) is 66.7 Å². The first-order valence-electron chi connectivity index (χ1n) is 11.8. The largest absolute Gasteiger partial charge is 0.573 e. The number of halogens is 3. The maximum absolute atomic E-state index is 14.3. The Labute approximate surface area is 222 Å². The molecule has 4 N–H and O–H groups in total. The molecule has 214 valence electrons. The van der Waals surface area contributed by atoms with Crippen LogP contribution in [0.5, 0.6) is 5.75 Å². The number of fused-ring (bicyclic) bond motifs is 1. The summed E-state index contributed by atoms with van der Waals surface area (Å²) in [5, 5.41) is 12.4. The summed E-state index contributed by atoms with van der Waals surface area (Å²) >= 11 is 0. The fraction of sp³-hybridized carbons (Fsp3) is 0.478. The van der Waals surface area contributed by atoms with E-state index in [0.29, 0.717) is 16.7 Å². The zero-order chi connectivity index (χ0) is 29.2. The van der Waals surface area contributed by atoms with Gasteiger partial charge in [0, 0.05) is 6.04 Å². The number of ether oxygens (including phenoxy) is 2. The number of hydrogen-bond donors (Lipinski definition) is 3. The summed E-state index contributed by atoms with van der Waals surface area (Å²) < 4.78 is 64.8. The van der Waals surface area contributed by atoms with Gasteiger partial charge in [0.15, 0.2) is 11.5 Å². The number of nitrogens with zero attached hydrogens (tertiary/aromatic N) is 5. The maximum atomic E-state index is 14.3. The first kappa shape index (κ1) is 30.3. The molecule has 0 saturated heterocycles. The standard InChI is InChI=1S/C23H31F3N7O5P/c1-14(10-33-12-30-18-19(27)28-11-29-20(18)33)37-13-39(36,31-22(3,4)21(34)35)32(5)15(2)16-6-8-17(9-7-16)38-23(24,25)26/h6-9,11-12,14-15H,10,13H2,1-5H3,(H,31,36)(H,34,35)(H2,27,28,29). The number of alkyl halides is 3. The Kier molecular flexibility index (Phi) is 8.90. The fourth-order valence-corrected chi connectivity index (χ4v) is 6.24. The average molecular weight is 574 g/mol. The molecule has 0 aliphatic heterocycles. The molecule has 1 aromatic carbocycles. The average Bonchev–Trinajstić information content (AvgIpc) is 3.25. The van der Waals surface area contributed by atoms with Gasteiger partial charge in [-0.05, 0) is 52.4 Å². The molecular formula is C23H31F3N7O5P. The molecule has 0 bridgehead atoms. The van der Waals surface area contributed by atoms with Crippen LogP contribution in [0, 0.1) is 0 Å². The molecule has 3 aromatic rings. The summed E-state index contributed by atoms with van der Waals surface area (Å²) in [5.41, 5.74) is 5.69. The molecule has 0 aliphatic carbocycles. The Bertz CT molecular complexity index is 1350. The molecule has 39 heavy (non-hydrogen) atoms.